The molecule has 0 aliphatic rings. The molecular formula is C11H13N3O4. The van der Waals surface area contributed by atoms with Crippen molar-refractivity contribution in [3.8, 4) is 5.75 Å². The number of amides is 1. The lowest BCUT2D eigenvalue weighted by molar-refractivity contribution is 0.186. The second-order valence-electron chi connectivity index (χ2n) is 3.45. The minimum absolute atomic E-state index is 0.0455. The summed E-state index contributed by atoms with van der Waals surface area (Å²) in [6.07, 6.45) is -0.592. The molecule has 1 aromatic heterocycles. The average molecular weight is 251 g/mol. The van der Waals surface area contributed by atoms with Crippen LogP contribution in [0.4, 0.5) is 10.7 Å². The topological polar surface area (TPSA) is 96.5 Å². The highest BCUT2D eigenvalue weighted by molar-refractivity contribution is 5.86. The largest absolute Gasteiger partial charge is 0.491 e. The summed E-state index contributed by atoms with van der Waals surface area (Å²) in [5.41, 5.74) is 1.41. The van der Waals surface area contributed by atoms with Gasteiger partial charge in [-0.3, -0.25) is 5.32 Å². The van der Waals surface area contributed by atoms with Gasteiger partial charge in [-0.2, -0.15) is 0 Å². The number of imidazole rings is 1. The van der Waals surface area contributed by atoms with Gasteiger partial charge in [-0.05, 0) is 12.1 Å². The minimum Gasteiger partial charge on any atom is -0.491 e. The first-order chi connectivity index (χ1) is 8.72. The number of hydrogen-bond acceptors (Lipinski definition) is 5. The molecule has 0 radical (unpaired) electrons. The summed E-state index contributed by atoms with van der Waals surface area (Å²) in [6.45, 7) is 0.184. The van der Waals surface area contributed by atoms with Crippen molar-refractivity contribution in [2.75, 3.05) is 25.6 Å². The Balaban J connectivity index is 2.19. The number of ether oxygens (including phenoxy) is 2. The van der Waals surface area contributed by atoms with Gasteiger partial charge in [-0.25, -0.2) is 9.78 Å². The molecule has 0 aliphatic carbocycles. The van der Waals surface area contributed by atoms with Crippen molar-refractivity contribution >= 4 is 23.1 Å². The monoisotopic (exact) mass is 251 g/mol. The smallest absolute Gasteiger partial charge is 0.413 e. The minimum atomic E-state index is -0.592. The van der Waals surface area contributed by atoms with E-state index in [-0.39, 0.29) is 13.2 Å². The standard InChI is InChI=1S/C11H13N3O4/c1-17-11(16)14-10-12-8-3-2-7(18-5-4-15)6-9(8)13-10/h2-3,6,15H,4-5H2,1H3,(H2,12,13,14,16). The number of nitrogens with zero attached hydrogens (tertiary/aromatic N) is 1. The molecule has 0 fully saturated rings. The molecule has 1 amide bonds. The number of aliphatic hydroxyl groups is 1. The molecule has 7 nitrogen and oxygen atoms in total. The maximum absolute atomic E-state index is 11.0. The number of aromatic amines is 1. The molecule has 3 N–H and O–H groups in total. The first-order valence-corrected chi connectivity index (χ1v) is 5.31. The van der Waals surface area contributed by atoms with Crippen LogP contribution in [-0.4, -0.2) is 41.5 Å². The summed E-state index contributed by atoms with van der Waals surface area (Å²) in [5.74, 6) is 0.918. The molecule has 18 heavy (non-hydrogen) atoms. The summed E-state index contributed by atoms with van der Waals surface area (Å²) in [6, 6.07) is 5.22. The van der Waals surface area contributed by atoms with Crippen molar-refractivity contribution in [2.24, 2.45) is 0 Å². The average Bonchev–Trinajstić information content (AvgIpc) is 2.77. The molecule has 0 bridgehead atoms. The molecule has 0 unspecified atom stereocenters. The molecule has 7 heteroatoms. The Kier molecular flexibility index (Phi) is 3.63. The lowest BCUT2D eigenvalue weighted by Crippen LogP contribution is -2.11. The molecular weight excluding hydrogens is 238 g/mol. The molecule has 0 spiro atoms. The van der Waals surface area contributed by atoms with E-state index in [0.717, 1.165) is 5.52 Å². The summed E-state index contributed by atoms with van der Waals surface area (Å²) >= 11 is 0. The maximum Gasteiger partial charge on any atom is 0.413 e. The number of H-pyrrole nitrogens is 1. The van der Waals surface area contributed by atoms with Crippen LogP contribution >= 0.6 is 0 Å². The van der Waals surface area contributed by atoms with Crippen molar-refractivity contribution in [3.63, 3.8) is 0 Å². The number of aromatic nitrogens is 2. The Morgan fingerprint density at radius 2 is 2.39 bits per heavy atom. The number of benzene rings is 1. The normalized spacial score (nSPS) is 10.3. The quantitative estimate of drug-likeness (QED) is 0.756. The van der Waals surface area contributed by atoms with Crippen LogP contribution in [-0.2, 0) is 4.74 Å². The van der Waals surface area contributed by atoms with Crippen LogP contribution in [0, 0.1) is 0 Å². The Morgan fingerprint density at radius 1 is 1.56 bits per heavy atom. The number of nitrogens with one attached hydrogen (secondary N) is 2. The number of carbonyl (C=O) groups is 1. The maximum atomic E-state index is 11.0. The van der Waals surface area contributed by atoms with Gasteiger partial charge in [0.05, 0.1) is 24.8 Å². The fourth-order valence-corrected chi connectivity index (χ4v) is 1.45. The van der Waals surface area contributed by atoms with Crippen LogP contribution in [0.2, 0.25) is 0 Å². The second-order valence-corrected chi connectivity index (χ2v) is 3.45. The van der Waals surface area contributed by atoms with E-state index < -0.39 is 6.09 Å². The fraction of sp³-hybridized carbons (Fsp3) is 0.273. The van der Waals surface area contributed by atoms with Gasteiger partial charge in [-0.1, -0.05) is 0 Å². The highest BCUT2D eigenvalue weighted by atomic mass is 16.5. The molecule has 2 aromatic rings. The van der Waals surface area contributed by atoms with Gasteiger partial charge in [0.15, 0.2) is 0 Å². The van der Waals surface area contributed by atoms with E-state index in [1.165, 1.54) is 7.11 Å². The summed E-state index contributed by atoms with van der Waals surface area (Å²) in [7, 11) is 1.28. The van der Waals surface area contributed by atoms with E-state index >= 15 is 0 Å². The predicted octanol–water partition coefficient (Wildman–Crippen LogP) is 1.11. The lowest BCUT2D eigenvalue weighted by Gasteiger charge is -2.02. The number of anilines is 1. The number of rotatable bonds is 4. The Labute approximate surface area is 103 Å². The van der Waals surface area contributed by atoms with Gasteiger partial charge in [0, 0.05) is 6.07 Å². The molecule has 96 valence electrons. The first kappa shape index (κ1) is 12.2. The van der Waals surface area contributed by atoms with E-state index in [9.17, 15) is 4.79 Å². The third-order valence-electron chi connectivity index (χ3n) is 2.22. The van der Waals surface area contributed by atoms with Gasteiger partial charge >= 0.3 is 6.09 Å². The molecule has 0 aliphatic heterocycles. The van der Waals surface area contributed by atoms with Crippen molar-refractivity contribution < 1.29 is 19.4 Å². The van der Waals surface area contributed by atoms with Gasteiger partial charge in [0.25, 0.3) is 0 Å². The van der Waals surface area contributed by atoms with Crippen LogP contribution in [0.1, 0.15) is 0 Å². The van der Waals surface area contributed by atoms with Gasteiger partial charge < -0.3 is 19.6 Å². The highest BCUT2D eigenvalue weighted by Crippen LogP contribution is 2.20. The fourth-order valence-electron chi connectivity index (χ4n) is 1.45. The lowest BCUT2D eigenvalue weighted by atomic mass is 10.3. The SMILES string of the molecule is COC(=O)Nc1nc2ccc(OCCO)cc2[nH]1. The molecule has 0 saturated heterocycles. The third kappa shape index (κ3) is 2.69. The Hall–Kier alpha value is -2.28. The van der Waals surface area contributed by atoms with E-state index in [1.54, 1.807) is 18.2 Å². The molecule has 0 atom stereocenters. The molecule has 0 saturated carbocycles. The van der Waals surface area contributed by atoms with Gasteiger partial charge in [0.2, 0.25) is 5.95 Å². The Bertz CT molecular complexity index is 552. The number of hydrogen-bond donors (Lipinski definition) is 3. The first-order valence-electron chi connectivity index (χ1n) is 5.31. The van der Waals surface area contributed by atoms with E-state index in [1.807, 2.05) is 0 Å². The Morgan fingerprint density at radius 3 is 3.11 bits per heavy atom. The molecule has 1 heterocycles. The highest BCUT2D eigenvalue weighted by Gasteiger charge is 2.07. The zero-order chi connectivity index (χ0) is 13.0. The molecule has 1 aromatic carbocycles. The van der Waals surface area contributed by atoms with Crippen LogP contribution in [0.15, 0.2) is 18.2 Å². The zero-order valence-electron chi connectivity index (χ0n) is 9.77. The van der Waals surface area contributed by atoms with E-state index in [0.29, 0.717) is 17.2 Å². The third-order valence-corrected chi connectivity index (χ3v) is 2.22. The van der Waals surface area contributed by atoms with Crippen LogP contribution in [0.3, 0.4) is 0 Å². The number of fused-ring (bicyclic) bond motifs is 1. The van der Waals surface area contributed by atoms with Crippen molar-refractivity contribution in [2.45, 2.75) is 0 Å². The van der Waals surface area contributed by atoms with E-state index in [4.69, 9.17) is 9.84 Å². The number of aliphatic hydroxyl groups excluding tert-OH is 1. The number of carbonyl (C=O) groups excluding carboxylic acids is 1. The zero-order valence-corrected chi connectivity index (χ0v) is 9.77. The van der Waals surface area contributed by atoms with Crippen molar-refractivity contribution in [3.05, 3.63) is 18.2 Å². The van der Waals surface area contributed by atoms with Gasteiger partial charge in [0.1, 0.15) is 12.4 Å². The second kappa shape index (κ2) is 5.37. The molecule has 2 rings (SSSR count). The predicted molar refractivity (Wildman–Crippen MR) is 64.7 cm³/mol. The summed E-state index contributed by atoms with van der Waals surface area (Å²) in [5, 5.41) is 11.1. The van der Waals surface area contributed by atoms with Crippen molar-refractivity contribution in [1.29, 1.82) is 0 Å². The summed E-state index contributed by atoms with van der Waals surface area (Å²) in [4.78, 5) is 18.1. The van der Waals surface area contributed by atoms with Crippen LogP contribution in [0.5, 0.6) is 5.75 Å². The summed E-state index contributed by atoms with van der Waals surface area (Å²) < 4.78 is 9.73. The van der Waals surface area contributed by atoms with E-state index in [2.05, 4.69) is 20.0 Å². The number of methoxy groups -OCH3 is 1. The van der Waals surface area contributed by atoms with Crippen LogP contribution < -0.4 is 10.1 Å². The van der Waals surface area contributed by atoms with Crippen molar-refractivity contribution in [1.82, 2.24) is 9.97 Å². The van der Waals surface area contributed by atoms with Crippen LogP contribution in [0.25, 0.3) is 11.0 Å². The van der Waals surface area contributed by atoms with Gasteiger partial charge in [-0.15, -0.1) is 0 Å².